The summed E-state index contributed by atoms with van der Waals surface area (Å²) in [6.07, 6.45) is 2.98. The van der Waals surface area contributed by atoms with Crippen LogP contribution >= 0.6 is 11.3 Å². The second kappa shape index (κ2) is 5.19. The van der Waals surface area contributed by atoms with Gasteiger partial charge in [-0.1, -0.05) is 42.5 Å². The number of benzene rings is 1. The van der Waals surface area contributed by atoms with Crippen molar-refractivity contribution in [1.29, 1.82) is 0 Å². The molecular weight excluding hydrogens is 276 g/mol. The largest absolute Gasteiger partial charge is 0.303 e. The van der Waals surface area contributed by atoms with E-state index in [-0.39, 0.29) is 0 Å². The molecule has 0 aliphatic rings. The van der Waals surface area contributed by atoms with E-state index in [0.717, 1.165) is 17.8 Å². The van der Waals surface area contributed by atoms with Crippen LogP contribution in [0.1, 0.15) is 11.3 Å². The quantitative estimate of drug-likeness (QED) is 0.536. The van der Waals surface area contributed by atoms with E-state index in [1.54, 1.807) is 11.3 Å². The Bertz CT molecular complexity index is 861. The molecule has 3 heterocycles. The Morgan fingerprint density at radius 3 is 2.57 bits per heavy atom. The zero-order valence-corrected chi connectivity index (χ0v) is 12.3. The Morgan fingerprint density at radius 2 is 1.76 bits per heavy atom. The van der Waals surface area contributed by atoms with Crippen molar-refractivity contribution in [2.45, 2.75) is 6.42 Å². The standard InChI is InChI=1S/C18H14N2S/c1-2-7-14(8-3-1)13-15-18(16-9-6-12-21-16)19-17-10-4-5-11-20(15)17/h1-12H,13H2. The number of imidazole rings is 1. The molecule has 0 amide bonds. The van der Waals surface area contributed by atoms with Crippen LogP contribution < -0.4 is 0 Å². The van der Waals surface area contributed by atoms with Crippen molar-refractivity contribution in [1.82, 2.24) is 9.38 Å². The van der Waals surface area contributed by atoms with Gasteiger partial charge in [-0.15, -0.1) is 11.3 Å². The summed E-state index contributed by atoms with van der Waals surface area (Å²) in [5.41, 5.74) is 4.66. The summed E-state index contributed by atoms with van der Waals surface area (Å²) < 4.78 is 2.20. The Balaban J connectivity index is 1.91. The van der Waals surface area contributed by atoms with E-state index in [1.165, 1.54) is 16.1 Å². The number of pyridine rings is 1. The monoisotopic (exact) mass is 290 g/mol. The van der Waals surface area contributed by atoms with Crippen molar-refractivity contribution in [3.63, 3.8) is 0 Å². The highest BCUT2D eigenvalue weighted by molar-refractivity contribution is 7.13. The van der Waals surface area contributed by atoms with Gasteiger partial charge in [0, 0.05) is 12.6 Å². The molecule has 0 fully saturated rings. The van der Waals surface area contributed by atoms with E-state index in [4.69, 9.17) is 4.98 Å². The number of aromatic nitrogens is 2. The van der Waals surface area contributed by atoms with Crippen molar-refractivity contribution >= 4 is 17.0 Å². The lowest BCUT2D eigenvalue weighted by Gasteiger charge is -2.04. The highest BCUT2D eigenvalue weighted by Crippen LogP contribution is 2.29. The molecule has 21 heavy (non-hydrogen) atoms. The minimum absolute atomic E-state index is 0.888. The van der Waals surface area contributed by atoms with Gasteiger partial charge in [-0.3, -0.25) is 0 Å². The fourth-order valence-electron chi connectivity index (χ4n) is 2.62. The third-order valence-corrected chi connectivity index (χ3v) is 4.47. The lowest BCUT2D eigenvalue weighted by molar-refractivity contribution is 1.03. The van der Waals surface area contributed by atoms with Crippen LogP contribution in [-0.4, -0.2) is 9.38 Å². The van der Waals surface area contributed by atoms with E-state index >= 15 is 0 Å². The van der Waals surface area contributed by atoms with Crippen molar-refractivity contribution in [3.8, 4) is 10.6 Å². The van der Waals surface area contributed by atoms with E-state index < -0.39 is 0 Å². The van der Waals surface area contributed by atoms with E-state index in [1.807, 2.05) is 6.07 Å². The molecular formula is C18H14N2S. The normalized spacial score (nSPS) is 11.0. The minimum Gasteiger partial charge on any atom is -0.303 e. The van der Waals surface area contributed by atoms with Crippen LogP contribution in [0, 0.1) is 0 Å². The summed E-state index contributed by atoms with van der Waals surface area (Å²) in [7, 11) is 0. The molecule has 0 radical (unpaired) electrons. The Morgan fingerprint density at radius 1 is 0.905 bits per heavy atom. The first-order valence-electron chi connectivity index (χ1n) is 6.95. The fraction of sp³-hybridized carbons (Fsp3) is 0.0556. The molecule has 1 aromatic carbocycles. The first-order valence-corrected chi connectivity index (χ1v) is 7.83. The number of thiophene rings is 1. The lowest BCUT2D eigenvalue weighted by Crippen LogP contribution is -1.95. The van der Waals surface area contributed by atoms with Gasteiger partial charge >= 0.3 is 0 Å². The van der Waals surface area contributed by atoms with Gasteiger partial charge in [-0.2, -0.15) is 0 Å². The van der Waals surface area contributed by atoms with Crippen LogP contribution in [0.25, 0.3) is 16.2 Å². The van der Waals surface area contributed by atoms with Gasteiger partial charge < -0.3 is 4.40 Å². The first kappa shape index (κ1) is 12.4. The van der Waals surface area contributed by atoms with E-state index in [2.05, 4.69) is 70.6 Å². The smallest absolute Gasteiger partial charge is 0.137 e. The zero-order valence-electron chi connectivity index (χ0n) is 11.4. The zero-order chi connectivity index (χ0) is 14.1. The number of hydrogen-bond donors (Lipinski definition) is 0. The maximum absolute atomic E-state index is 4.82. The molecule has 4 aromatic rings. The molecule has 2 nitrogen and oxygen atoms in total. The van der Waals surface area contributed by atoms with Crippen LogP contribution in [0.2, 0.25) is 0 Å². The summed E-state index contributed by atoms with van der Waals surface area (Å²) in [6, 6.07) is 20.9. The highest BCUT2D eigenvalue weighted by Gasteiger charge is 2.14. The van der Waals surface area contributed by atoms with Gasteiger partial charge in [-0.05, 0) is 29.1 Å². The van der Waals surface area contributed by atoms with Crippen LogP contribution in [0.5, 0.6) is 0 Å². The number of fused-ring (bicyclic) bond motifs is 1. The van der Waals surface area contributed by atoms with Crippen molar-refractivity contribution in [2.24, 2.45) is 0 Å². The molecule has 0 aliphatic carbocycles. The maximum Gasteiger partial charge on any atom is 0.137 e. The van der Waals surface area contributed by atoms with Gasteiger partial charge in [0.05, 0.1) is 10.6 Å². The maximum atomic E-state index is 4.82. The Hall–Kier alpha value is -2.39. The van der Waals surface area contributed by atoms with Gasteiger partial charge in [-0.25, -0.2) is 4.98 Å². The Kier molecular flexibility index (Phi) is 3.05. The summed E-state index contributed by atoms with van der Waals surface area (Å²) in [6.45, 7) is 0. The fourth-order valence-corrected chi connectivity index (χ4v) is 3.35. The molecule has 0 aliphatic heterocycles. The summed E-state index contributed by atoms with van der Waals surface area (Å²) >= 11 is 1.74. The van der Waals surface area contributed by atoms with Crippen LogP contribution in [-0.2, 0) is 6.42 Å². The summed E-state index contributed by atoms with van der Waals surface area (Å²) in [5.74, 6) is 0. The third kappa shape index (κ3) is 2.26. The van der Waals surface area contributed by atoms with Crippen molar-refractivity contribution in [3.05, 3.63) is 83.5 Å². The minimum atomic E-state index is 0.888. The van der Waals surface area contributed by atoms with E-state index in [0.29, 0.717) is 0 Å². The molecule has 0 atom stereocenters. The number of nitrogens with zero attached hydrogens (tertiary/aromatic N) is 2. The van der Waals surface area contributed by atoms with Crippen LogP contribution in [0.3, 0.4) is 0 Å². The topological polar surface area (TPSA) is 17.3 Å². The molecule has 0 saturated carbocycles. The second-order valence-corrected chi connectivity index (χ2v) is 5.92. The van der Waals surface area contributed by atoms with Crippen LogP contribution in [0.15, 0.2) is 72.2 Å². The summed E-state index contributed by atoms with van der Waals surface area (Å²) in [4.78, 5) is 6.05. The number of rotatable bonds is 3. The number of hydrogen-bond acceptors (Lipinski definition) is 2. The average Bonchev–Trinajstić information content (AvgIpc) is 3.16. The van der Waals surface area contributed by atoms with Gasteiger partial charge in [0.1, 0.15) is 11.3 Å². The predicted molar refractivity (Wildman–Crippen MR) is 87.8 cm³/mol. The van der Waals surface area contributed by atoms with Gasteiger partial charge in [0.2, 0.25) is 0 Å². The molecule has 0 N–H and O–H groups in total. The summed E-state index contributed by atoms with van der Waals surface area (Å²) in [5, 5.41) is 2.10. The van der Waals surface area contributed by atoms with E-state index in [9.17, 15) is 0 Å². The molecule has 0 spiro atoms. The van der Waals surface area contributed by atoms with Gasteiger partial charge in [0.15, 0.2) is 0 Å². The predicted octanol–water partition coefficient (Wildman–Crippen LogP) is 4.65. The molecule has 0 unspecified atom stereocenters. The SMILES string of the molecule is c1ccc(Cc2c(-c3cccs3)nc3ccccn23)cc1. The van der Waals surface area contributed by atoms with Gasteiger partial charge in [0.25, 0.3) is 0 Å². The average molecular weight is 290 g/mol. The Labute approximate surface area is 127 Å². The second-order valence-electron chi connectivity index (χ2n) is 4.98. The molecule has 0 saturated heterocycles. The molecule has 3 aromatic heterocycles. The molecule has 102 valence electrons. The molecule has 3 heteroatoms. The molecule has 0 bridgehead atoms. The highest BCUT2D eigenvalue weighted by atomic mass is 32.1. The third-order valence-electron chi connectivity index (χ3n) is 3.60. The van der Waals surface area contributed by atoms with Crippen molar-refractivity contribution < 1.29 is 0 Å². The van der Waals surface area contributed by atoms with Crippen LogP contribution in [0.4, 0.5) is 0 Å². The first-order chi connectivity index (χ1) is 10.4. The van der Waals surface area contributed by atoms with Crippen molar-refractivity contribution in [2.75, 3.05) is 0 Å². The lowest BCUT2D eigenvalue weighted by atomic mass is 10.1. The molecule has 4 rings (SSSR count).